The minimum Gasteiger partial charge on any atom is -0.497 e. The highest BCUT2D eigenvalue weighted by molar-refractivity contribution is 7.18. The van der Waals surface area contributed by atoms with E-state index in [1.807, 2.05) is 49.4 Å². The number of H-pyrrole nitrogens is 1. The number of hydrogen-bond acceptors (Lipinski definition) is 7. The summed E-state index contributed by atoms with van der Waals surface area (Å²) in [5.41, 5.74) is 2.16. The van der Waals surface area contributed by atoms with Crippen molar-refractivity contribution in [2.24, 2.45) is 11.3 Å². The fourth-order valence-corrected chi connectivity index (χ4v) is 6.52. The molecule has 212 valence electrons. The number of aryl methyl sites for hydroxylation is 1. The van der Waals surface area contributed by atoms with Gasteiger partial charge in [-0.1, -0.05) is 26.8 Å². The van der Waals surface area contributed by atoms with Gasteiger partial charge < -0.3 is 23.9 Å². The molecule has 0 saturated heterocycles. The molecule has 0 spiro atoms. The number of aromatic amines is 1. The summed E-state index contributed by atoms with van der Waals surface area (Å²) in [4.78, 5) is 23.3. The Morgan fingerprint density at radius 3 is 2.60 bits per heavy atom. The number of nitrogens with one attached hydrogen (secondary N) is 1. The fourth-order valence-electron chi connectivity index (χ4n) is 5.22. The molecule has 0 bridgehead atoms. The third kappa shape index (κ3) is 6.12. The van der Waals surface area contributed by atoms with Crippen LogP contribution in [0.4, 0.5) is 0 Å². The SMILES string of the molecule is CCOc1cc(-c2nc3sc4c(c3c(=O)[nH]2)CCC(C(C)(C)C)C4)ccc1OCCCOc1cccc(OC)c1. The molecule has 0 radical (unpaired) electrons. The van der Waals surface area contributed by atoms with E-state index < -0.39 is 0 Å². The predicted molar refractivity (Wildman–Crippen MR) is 160 cm³/mol. The Kier molecular flexibility index (Phi) is 8.35. The molecule has 1 aliphatic carbocycles. The van der Waals surface area contributed by atoms with Crippen molar-refractivity contribution < 1.29 is 18.9 Å². The van der Waals surface area contributed by atoms with Gasteiger partial charge in [-0.3, -0.25) is 4.79 Å². The summed E-state index contributed by atoms with van der Waals surface area (Å²) in [5.74, 6) is 3.95. The molecule has 0 fully saturated rings. The normalized spacial score (nSPS) is 15.1. The van der Waals surface area contributed by atoms with E-state index in [2.05, 4.69) is 25.8 Å². The van der Waals surface area contributed by atoms with Crippen molar-refractivity contribution >= 4 is 21.6 Å². The lowest BCUT2D eigenvalue weighted by Crippen LogP contribution is -2.26. The van der Waals surface area contributed by atoms with Gasteiger partial charge in [0.15, 0.2) is 11.5 Å². The Balaban J connectivity index is 1.29. The molecule has 1 atom stereocenters. The summed E-state index contributed by atoms with van der Waals surface area (Å²) in [5, 5.41) is 0.761. The molecule has 1 N–H and O–H groups in total. The molecule has 7 nitrogen and oxygen atoms in total. The van der Waals surface area contributed by atoms with E-state index in [0.717, 1.165) is 46.5 Å². The van der Waals surface area contributed by atoms with Crippen LogP contribution in [0.25, 0.3) is 21.6 Å². The average molecular weight is 563 g/mol. The molecule has 2 aromatic heterocycles. The first kappa shape index (κ1) is 28.0. The van der Waals surface area contributed by atoms with E-state index in [-0.39, 0.29) is 11.0 Å². The van der Waals surface area contributed by atoms with E-state index >= 15 is 0 Å². The van der Waals surface area contributed by atoms with Gasteiger partial charge in [-0.05, 0) is 73.4 Å². The number of nitrogens with zero attached hydrogens (tertiary/aromatic N) is 1. The highest BCUT2D eigenvalue weighted by Crippen LogP contribution is 2.42. The van der Waals surface area contributed by atoms with Gasteiger partial charge in [-0.15, -0.1) is 11.3 Å². The first-order valence-corrected chi connectivity index (χ1v) is 14.8. The summed E-state index contributed by atoms with van der Waals surface area (Å²) < 4.78 is 23.0. The van der Waals surface area contributed by atoms with E-state index in [4.69, 9.17) is 23.9 Å². The van der Waals surface area contributed by atoms with Gasteiger partial charge in [0.25, 0.3) is 5.56 Å². The standard InChI is InChI=1S/C32H38N2O5S/c1-6-37-26-17-20(11-14-25(26)39-16-8-15-38-23-10-7-9-22(19-23)36-5)29-33-30(35)28-24-13-12-21(32(2,3)4)18-27(24)40-31(28)34-29/h7,9-11,14,17,19,21H,6,8,12-13,15-16,18H2,1-5H3,(H,33,34,35). The summed E-state index contributed by atoms with van der Waals surface area (Å²) in [7, 11) is 1.64. The second kappa shape index (κ2) is 11.9. The third-order valence-electron chi connectivity index (χ3n) is 7.52. The molecule has 0 saturated carbocycles. The number of thiophene rings is 1. The molecular formula is C32H38N2O5S. The maximum absolute atomic E-state index is 13.2. The smallest absolute Gasteiger partial charge is 0.260 e. The van der Waals surface area contributed by atoms with Gasteiger partial charge in [0.1, 0.15) is 22.2 Å². The third-order valence-corrected chi connectivity index (χ3v) is 8.67. The zero-order chi connectivity index (χ0) is 28.3. The highest BCUT2D eigenvalue weighted by Gasteiger charge is 2.31. The van der Waals surface area contributed by atoms with Crippen molar-refractivity contribution in [1.29, 1.82) is 0 Å². The van der Waals surface area contributed by atoms with Crippen LogP contribution >= 0.6 is 11.3 Å². The van der Waals surface area contributed by atoms with Crippen LogP contribution in [0.1, 0.15) is 51.0 Å². The van der Waals surface area contributed by atoms with Crippen LogP contribution in [-0.4, -0.2) is 36.9 Å². The molecule has 40 heavy (non-hydrogen) atoms. The lowest BCUT2D eigenvalue weighted by atomic mass is 9.72. The number of fused-ring (bicyclic) bond motifs is 3. The second-order valence-corrected chi connectivity index (χ2v) is 12.3. The van der Waals surface area contributed by atoms with E-state index in [9.17, 15) is 4.79 Å². The predicted octanol–water partition coefficient (Wildman–Crippen LogP) is 7.06. The molecule has 1 unspecified atom stereocenters. The molecule has 5 rings (SSSR count). The Bertz CT molecular complexity index is 1530. The highest BCUT2D eigenvalue weighted by atomic mass is 32.1. The van der Waals surface area contributed by atoms with Gasteiger partial charge in [0.05, 0.1) is 32.3 Å². The molecular weight excluding hydrogens is 524 g/mol. The van der Waals surface area contributed by atoms with Crippen molar-refractivity contribution in [1.82, 2.24) is 9.97 Å². The van der Waals surface area contributed by atoms with E-state index in [0.29, 0.717) is 49.5 Å². The van der Waals surface area contributed by atoms with Gasteiger partial charge in [0, 0.05) is 22.9 Å². The monoisotopic (exact) mass is 562 g/mol. The summed E-state index contributed by atoms with van der Waals surface area (Å²) >= 11 is 1.67. The Hall–Kier alpha value is -3.52. The molecule has 1 aliphatic rings. The maximum Gasteiger partial charge on any atom is 0.260 e. The Morgan fingerprint density at radius 2 is 1.82 bits per heavy atom. The lowest BCUT2D eigenvalue weighted by Gasteiger charge is -2.33. The summed E-state index contributed by atoms with van der Waals surface area (Å²) in [6.07, 6.45) is 3.76. The van der Waals surface area contributed by atoms with Gasteiger partial charge in [0.2, 0.25) is 0 Å². The minimum absolute atomic E-state index is 0.0685. The molecule has 0 amide bonds. The lowest BCUT2D eigenvalue weighted by molar-refractivity contribution is 0.218. The van der Waals surface area contributed by atoms with Crippen molar-refractivity contribution in [3.05, 3.63) is 63.3 Å². The van der Waals surface area contributed by atoms with Gasteiger partial charge in [-0.25, -0.2) is 4.98 Å². The number of ether oxygens (including phenoxy) is 4. The zero-order valence-corrected chi connectivity index (χ0v) is 24.8. The topological polar surface area (TPSA) is 82.7 Å². The minimum atomic E-state index is -0.0685. The van der Waals surface area contributed by atoms with E-state index in [1.165, 1.54) is 10.4 Å². The van der Waals surface area contributed by atoms with Crippen molar-refractivity contribution in [2.45, 2.75) is 53.4 Å². The maximum atomic E-state index is 13.2. The molecule has 4 aromatic rings. The number of rotatable bonds is 10. The van der Waals surface area contributed by atoms with Crippen LogP contribution in [0.5, 0.6) is 23.0 Å². The summed E-state index contributed by atoms with van der Waals surface area (Å²) in [6.45, 7) is 10.3. The van der Waals surface area contributed by atoms with Crippen LogP contribution in [0.15, 0.2) is 47.3 Å². The zero-order valence-electron chi connectivity index (χ0n) is 24.0. The van der Waals surface area contributed by atoms with Crippen LogP contribution < -0.4 is 24.5 Å². The van der Waals surface area contributed by atoms with Crippen LogP contribution in [0, 0.1) is 11.3 Å². The second-order valence-electron chi connectivity index (χ2n) is 11.2. The van der Waals surface area contributed by atoms with Gasteiger partial charge in [-0.2, -0.15) is 0 Å². The number of aromatic nitrogens is 2. The quantitative estimate of drug-likeness (QED) is 0.208. The summed E-state index contributed by atoms with van der Waals surface area (Å²) in [6, 6.07) is 13.2. The largest absolute Gasteiger partial charge is 0.497 e. The average Bonchev–Trinajstić information content (AvgIpc) is 3.31. The van der Waals surface area contributed by atoms with Crippen molar-refractivity contribution in [2.75, 3.05) is 26.9 Å². The first-order chi connectivity index (χ1) is 19.3. The molecule has 2 aromatic carbocycles. The fraction of sp³-hybridized carbons (Fsp3) is 0.438. The van der Waals surface area contributed by atoms with Gasteiger partial charge >= 0.3 is 0 Å². The number of methoxy groups -OCH3 is 1. The Labute approximate surface area is 239 Å². The van der Waals surface area contributed by atoms with Crippen molar-refractivity contribution in [3.63, 3.8) is 0 Å². The molecule has 2 heterocycles. The first-order valence-electron chi connectivity index (χ1n) is 14.0. The van der Waals surface area contributed by atoms with E-state index in [1.54, 1.807) is 18.4 Å². The van der Waals surface area contributed by atoms with Crippen LogP contribution in [-0.2, 0) is 12.8 Å². The number of benzene rings is 2. The van der Waals surface area contributed by atoms with Crippen molar-refractivity contribution in [3.8, 4) is 34.4 Å². The number of hydrogen-bond donors (Lipinski definition) is 1. The Morgan fingerprint density at radius 1 is 1.02 bits per heavy atom. The molecule has 8 heteroatoms. The van der Waals surface area contributed by atoms with Crippen LogP contribution in [0.2, 0.25) is 0 Å². The van der Waals surface area contributed by atoms with Crippen LogP contribution in [0.3, 0.4) is 0 Å². The molecule has 0 aliphatic heterocycles.